The number of sulfone groups is 1. The second kappa shape index (κ2) is 15.6. The zero-order valence-corrected chi connectivity index (χ0v) is 26.8. The molecule has 0 spiro atoms. The fourth-order valence-electron chi connectivity index (χ4n) is 4.02. The molecular formula is C32H26Cl3F2N3O4S2. The van der Waals surface area contributed by atoms with E-state index in [-0.39, 0.29) is 38.8 Å². The first-order valence-electron chi connectivity index (χ1n) is 12.8. The molecule has 240 valence electrons. The van der Waals surface area contributed by atoms with Crippen LogP contribution in [-0.2, 0) is 24.6 Å². The van der Waals surface area contributed by atoms with Crippen molar-refractivity contribution < 1.29 is 25.6 Å². The first kappa shape index (κ1) is 36.6. The molecular weight excluding hydrogens is 699 g/mol. The average Bonchev–Trinajstić information content (AvgIpc) is 3.00. The lowest BCUT2D eigenvalue weighted by Crippen LogP contribution is -2.07. The molecule has 0 saturated heterocycles. The van der Waals surface area contributed by atoms with Crippen molar-refractivity contribution in [2.24, 2.45) is 0 Å². The van der Waals surface area contributed by atoms with E-state index >= 15 is 0 Å². The highest BCUT2D eigenvalue weighted by atomic mass is 35.7. The molecule has 2 N–H and O–H groups in total. The van der Waals surface area contributed by atoms with Crippen LogP contribution >= 0.6 is 33.9 Å². The number of benzene rings is 4. The van der Waals surface area contributed by atoms with Crippen molar-refractivity contribution >= 4 is 80.3 Å². The average molecular weight is 725 g/mol. The molecule has 2 aromatic heterocycles. The van der Waals surface area contributed by atoms with E-state index in [0.717, 1.165) is 16.8 Å². The molecule has 0 radical (unpaired) electrons. The van der Waals surface area contributed by atoms with E-state index in [1.54, 1.807) is 54.7 Å². The highest BCUT2D eigenvalue weighted by Crippen LogP contribution is 2.27. The molecule has 0 atom stereocenters. The summed E-state index contributed by atoms with van der Waals surface area (Å²) in [5.41, 5.74) is 6.88. The van der Waals surface area contributed by atoms with Gasteiger partial charge in [0.05, 0.1) is 32.4 Å². The monoisotopic (exact) mass is 723 g/mol. The third kappa shape index (κ3) is 9.34. The first-order chi connectivity index (χ1) is 21.3. The van der Waals surface area contributed by atoms with Crippen LogP contribution in [0.4, 0.5) is 14.5 Å². The lowest BCUT2D eigenvalue weighted by atomic mass is 10.2. The third-order valence-electron chi connectivity index (χ3n) is 6.11. The molecule has 46 heavy (non-hydrogen) atoms. The Hall–Kier alpha value is -3.87. The van der Waals surface area contributed by atoms with Gasteiger partial charge in [0.25, 0.3) is 9.05 Å². The quantitative estimate of drug-likeness (QED) is 0.142. The van der Waals surface area contributed by atoms with E-state index in [1.807, 2.05) is 0 Å². The molecule has 0 unspecified atom stereocenters. The maximum absolute atomic E-state index is 13.1. The van der Waals surface area contributed by atoms with Crippen LogP contribution in [0, 0.1) is 11.6 Å². The molecule has 0 saturated carbocycles. The zero-order chi connectivity index (χ0) is 32.8. The van der Waals surface area contributed by atoms with Gasteiger partial charge in [0.2, 0.25) is 0 Å². The number of pyridine rings is 2. The smallest absolute Gasteiger partial charge is 0.263 e. The van der Waals surface area contributed by atoms with E-state index < -0.39 is 24.7 Å². The van der Waals surface area contributed by atoms with Crippen molar-refractivity contribution in [2.75, 3.05) is 5.73 Å². The fourth-order valence-corrected chi connectivity index (χ4v) is 7.09. The summed E-state index contributed by atoms with van der Waals surface area (Å²) in [6.45, 7) is 0. The van der Waals surface area contributed by atoms with Crippen LogP contribution in [0.1, 0.15) is 13.0 Å². The molecule has 4 aromatic carbocycles. The number of halogens is 5. The second-order valence-corrected chi connectivity index (χ2v) is 14.6. The molecule has 0 aliphatic carbocycles. The Morgan fingerprint density at radius 2 is 1.13 bits per heavy atom. The van der Waals surface area contributed by atoms with Crippen molar-refractivity contribution in [3.05, 3.63) is 137 Å². The van der Waals surface area contributed by atoms with Gasteiger partial charge in [0, 0.05) is 38.9 Å². The molecule has 6 rings (SSSR count). The standard InChI is InChI=1S/C16H11ClFNO2S.C9H6ClNO2S.C6H5ClFN.CH4/c17-14-9-13(18)7-6-12(14)10-22(20,21)15-5-1-3-11-4-2-8-19-16(11)15;10-14(12,13)8-5-1-3-7-4-2-6-11-9(7)8;7-5-3-4(8)1-2-6(5)9;/h1-9H,10H2;1-6H;1-3H,9H2;1H4. The number of hydrogen-bond acceptors (Lipinski definition) is 7. The van der Waals surface area contributed by atoms with E-state index in [1.165, 1.54) is 48.7 Å². The Kier molecular flexibility index (Phi) is 12.4. The molecule has 0 amide bonds. The number of hydrogen-bond donors (Lipinski definition) is 1. The lowest BCUT2D eigenvalue weighted by molar-refractivity contribution is 0.595. The number of aromatic nitrogens is 2. The molecule has 0 fully saturated rings. The van der Waals surface area contributed by atoms with E-state index in [4.69, 9.17) is 39.6 Å². The van der Waals surface area contributed by atoms with Gasteiger partial charge in [-0.1, -0.05) is 73.1 Å². The van der Waals surface area contributed by atoms with Crippen molar-refractivity contribution in [2.45, 2.75) is 23.0 Å². The summed E-state index contributed by atoms with van der Waals surface area (Å²) in [7, 11) is -2.09. The third-order valence-corrected chi connectivity index (χ3v) is 9.84. The summed E-state index contributed by atoms with van der Waals surface area (Å²) >= 11 is 11.4. The van der Waals surface area contributed by atoms with Gasteiger partial charge in [-0.3, -0.25) is 9.97 Å². The number of para-hydroxylation sites is 2. The summed E-state index contributed by atoms with van der Waals surface area (Å²) < 4.78 is 72.9. The predicted octanol–water partition coefficient (Wildman–Crippen LogP) is 8.86. The van der Waals surface area contributed by atoms with Crippen LogP contribution in [0.3, 0.4) is 0 Å². The SMILES string of the molecule is C.Nc1ccc(F)cc1Cl.O=S(=O)(Cc1ccc(F)cc1Cl)c1cccc2cccnc12.O=S(=O)(Cl)c1cccc2cccnc12. The topological polar surface area (TPSA) is 120 Å². The molecule has 0 aliphatic rings. The van der Waals surface area contributed by atoms with Crippen LogP contribution in [-0.4, -0.2) is 26.8 Å². The van der Waals surface area contributed by atoms with Crippen molar-refractivity contribution in [1.29, 1.82) is 0 Å². The minimum absolute atomic E-state index is 0. The summed E-state index contributed by atoms with van der Waals surface area (Å²) in [5, 5.41) is 1.86. The van der Waals surface area contributed by atoms with Gasteiger partial charge in [-0.05, 0) is 60.2 Å². The molecule has 0 aliphatic heterocycles. The fraction of sp³-hybridized carbons (Fsp3) is 0.0625. The van der Waals surface area contributed by atoms with Gasteiger partial charge < -0.3 is 5.73 Å². The molecule has 2 heterocycles. The normalized spacial score (nSPS) is 11.1. The second-order valence-electron chi connectivity index (χ2n) is 9.26. The predicted molar refractivity (Wildman–Crippen MR) is 181 cm³/mol. The maximum Gasteiger partial charge on any atom is 0.263 e. The molecule has 6 aromatic rings. The van der Waals surface area contributed by atoms with Gasteiger partial charge in [-0.15, -0.1) is 0 Å². The minimum atomic E-state index is -3.72. The maximum atomic E-state index is 13.1. The Labute approximate surface area is 279 Å². The van der Waals surface area contributed by atoms with Gasteiger partial charge in [0.1, 0.15) is 16.5 Å². The minimum Gasteiger partial charge on any atom is -0.398 e. The number of anilines is 1. The molecule has 14 heteroatoms. The number of fused-ring (bicyclic) bond motifs is 2. The van der Waals surface area contributed by atoms with E-state index in [9.17, 15) is 25.6 Å². The number of nitrogens with zero attached hydrogens (tertiary/aromatic N) is 2. The van der Waals surface area contributed by atoms with Crippen LogP contribution in [0.2, 0.25) is 10.0 Å². The molecule has 0 bridgehead atoms. The van der Waals surface area contributed by atoms with E-state index in [2.05, 4.69) is 9.97 Å². The summed E-state index contributed by atoms with van der Waals surface area (Å²) in [6, 6.07) is 24.5. The van der Waals surface area contributed by atoms with Crippen molar-refractivity contribution in [3.63, 3.8) is 0 Å². The van der Waals surface area contributed by atoms with Gasteiger partial charge in [0.15, 0.2) is 9.84 Å². The Morgan fingerprint density at radius 3 is 1.63 bits per heavy atom. The zero-order valence-electron chi connectivity index (χ0n) is 22.9. The highest BCUT2D eigenvalue weighted by molar-refractivity contribution is 8.14. The van der Waals surface area contributed by atoms with Gasteiger partial charge in [-0.25, -0.2) is 25.6 Å². The van der Waals surface area contributed by atoms with Gasteiger partial charge >= 0.3 is 0 Å². The first-order valence-corrected chi connectivity index (χ1v) is 17.5. The highest BCUT2D eigenvalue weighted by Gasteiger charge is 2.20. The van der Waals surface area contributed by atoms with Crippen LogP contribution < -0.4 is 5.73 Å². The summed E-state index contributed by atoms with van der Waals surface area (Å²) in [5.74, 6) is -1.17. The largest absolute Gasteiger partial charge is 0.398 e. The Balaban J connectivity index is 0.000000205. The number of nitrogens with two attached hydrogens (primary N) is 1. The van der Waals surface area contributed by atoms with Crippen LogP contribution in [0.15, 0.2) is 119 Å². The molecule has 7 nitrogen and oxygen atoms in total. The van der Waals surface area contributed by atoms with Crippen molar-refractivity contribution in [3.8, 4) is 0 Å². The number of rotatable bonds is 4. The Bertz CT molecular complexity index is 2210. The van der Waals surface area contributed by atoms with E-state index in [0.29, 0.717) is 22.3 Å². The summed E-state index contributed by atoms with van der Waals surface area (Å²) in [6.07, 6.45) is 3.08. The lowest BCUT2D eigenvalue weighted by Gasteiger charge is -2.09. The summed E-state index contributed by atoms with van der Waals surface area (Å²) in [4.78, 5) is 8.33. The van der Waals surface area contributed by atoms with Crippen molar-refractivity contribution in [1.82, 2.24) is 9.97 Å². The Morgan fingerprint density at radius 1 is 0.652 bits per heavy atom. The van der Waals surface area contributed by atoms with Crippen LogP contribution in [0.5, 0.6) is 0 Å². The van der Waals surface area contributed by atoms with Crippen LogP contribution in [0.25, 0.3) is 21.8 Å². The number of nitrogen functional groups attached to an aromatic ring is 1. The van der Waals surface area contributed by atoms with Gasteiger partial charge in [-0.2, -0.15) is 0 Å².